The molecule has 0 atom stereocenters. The minimum Gasteiger partial charge on any atom is -0.341 e. The lowest BCUT2D eigenvalue weighted by Gasteiger charge is -2.22. The van der Waals surface area contributed by atoms with E-state index in [1.54, 1.807) is 34.1 Å². The Kier molecular flexibility index (Phi) is 5.89. The van der Waals surface area contributed by atoms with E-state index in [4.69, 9.17) is 11.6 Å². The van der Waals surface area contributed by atoms with Gasteiger partial charge in [-0.05, 0) is 36.2 Å². The van der Waals surface area contributed by atoms with Crippen LogP contribution in [0.15, 0.2) is 48.5 Å². The summed E-state index contributed by atoms with van der Waals surface area (Å²) in [5, 5.41) is 0.604. The van der Waals surface area contributed by atoms with E-state index in [0.717, 1.165) is 5.56 Å². The number of amides is 2. The van der Waals surface area contributed by atoms with Crippen molar-refractivity contribution in [2.45, 2.75) is 12.8 Å². The highest BCUT2D eigenvalue weighted by atomic mass is 35.5. The number of carbonyl (C=O) groups excluding carboxylic acids is 2. The molecule has 0 N–H and O–H groups in total. The smallest absolute Gasteiger partial charge is 0.256 e. The summed E-state index contributed by atoms with van der Waals surface area (Å²) in [5.74, 6) is -0.838. The van der Waals surface area contributed by atoms with Crippen LogP contribution >= 0.6 is 11.6 Å². The van der Waals surface area contributed by atoms with Crippen LogP contribution in [0.4, 0.5) is 4.39 Å². The Morgan fingerprint density at radius 1 is 0.962 bits per heavy atom. The molecular formula is C20H20ClFN2O2. The molecule has 0 aliphatic carbocycles. The van der Waals surface area contributed by atoms with Gasteiger partial charge in [0.15, 0.2) is 0 Å². The second-order valence-corrected chi connectivity index (χ2v) is 6.75. The zero-order valence-electron chi connectivity index (χ0n) is 14.3. The average molecular weight is 375 g/mol. The SMILES string of the molecule is O=C(Cc1cccc(Cl)c1)N1CCCN(C(=O)c2ccccc2F)CC1. The van der Waals surface area contributed by atoms with Gasteiger partial charge in [-0.1, -0.05) is 35.9 Å². The minimum absolute atomic E-state index is 0.00690. The van der Waals surface area contributed by atoms with Crippen LogP contribution in [-0.2, 0) is 11.2 Å². The van der Waals surface area contributed by atoms with E-state index < -0.39 is 5.82 Å². The van der Waals surface area contributed by atoms with E-state index in [0.29, 0.717) is 37.6 Å². The normalized spacial score (nSPS) is 14.8. The van der Waals surface area contributed by atoms with E-state index in [-0.39, 0.29) is 23.8 Å². The van der Waals surface area contributed by atoms with Crippen LogP contribution in [0.5, 0.6) is 0 Å². The monoisotopic (exact) mass is 374 g/mol. The van der Waals surface area contributed by atoms with Crippen molar-refractivity contribution in [1.82, 2.24) is 9.80 Å². The second kappa shape index (κ2) is 8.32. The first-order chi connectivity index (χ1) is 12.5. The van der Waals surface area contributed by atoms with E-state index in [2.05, 4.69) is 0 Å². The Morgan fingerprint density at radius 3 is 2.46 bits per heavy atom. The largest absolute Gasteiger partial charge is 0.341 e. The summed E-state index contributed by atoms with van der Waals surface area (Å²) in [4.78, 5) is 28.5. The zero-order valence-corrected chi connectivity index (χ0v) is 15.1. The average Bonchev–Trinajstić information content (AvgIpc) is 2.88. The molecular weight excluding hydrogens is 355 g/mol. The summed E-state index contributed by atoms with van der Waals surface area (Å²) >= 11 is 5.97. The van der Waals surface area contributed by atoms with Crippen molar-refractivity contribution in [2.24, 2.45) is 0 Å². The number of carbonyl (C=O) groups is 2. The quantitative estimate of drug-likeness (QED) is 0.826. The predicted molar refractivity (Wildman–Crippen MR) is 98.7 cm³/mol. The van der Waals surface area contributed by atoms with Crippen LogP contribution in [0.3, 0.4) is 0 Å². The highest BCUT2D eigenvalue weighted by Crippen LogP contribution is 2.15. The fourth-order valence-corrected chi connectivity index (χ4v) is 3.32. The van der Waals surface area contributed by atoms with Gasteiger partial charge in [-0.25, -0.2) is 4.39 Å². The zero-order chi connectivity index (χ0) is 18.5. The third-order valence-electron chi connectivity index (χ3n) is 4.48. The lowest BCUT2D eigenvalue weighted by atomic mass is 10.1. The third-order valence-corrected chi connectivity index (χ3v) is 4.72. The van der Waals surface area contributed by atoms with Gasteiger partial charge in [0.25, 0.3) is 5.91 Å². The summed E-state index contributed by atoms with van der Waals surface area (Å²) in [5.41, 5.74) is 0.942. The highest BCUT2D eigenvalue weighted by Gasteiger charge is 2.24. The van der Waals surface area contributed by atoms with Gasteiger partial charge in [0.2, 0.25) is 5.91 Å². The molecule has 2 amide bonds. The van der Waals surface area contributed by atoms with Gasteiger partial charge in [0, 0.05) is 31.2 Å². The number of nitrogens with zero attached hydrogens (tertiary/aromatic N) is 2. The Hall–Kier alpha value is -2.40. The second-order valence-electron chi connectivity index (χ2n) is 6.31. The molecule has 1 aliphatic rings. The number of hydrogen-bond donors (Lipinski definition) is 0. The molecule has 1 aliphatic heterocycles. The van der Waals surface area contributed by atoms with Crippen LogP contribution in [0, 0.1) is 5.82 Å². The summed E-state index contributed by atoms with van der Waals surface area (Å²) < 4.78 is 13.9. The maximum absolute atomic E-state index is 13.9. The van der Waals surface area contributed by atoms with E-state index in [1.165, 1.54) is 12.1 Å². The molecule has 1 saturated heterocycles. The molecule has 1 fully saturated rings. The first-order valence-corrected chi connectivity index (χ1v) is 8.98. The van der Waals surface area contributed by atoms with Gasteiger partial charge in [-0.15, -0.1) is 0 Å². The van der Waals surface area contributed by atoms with Crippen molar-refractivity contribution in [3.05, 3.63) is 70.5 Å². The van der Waals surface area contributed by atoms with Crippen molar-refractivity contribution in [3.8, 4) is 0 Å². The van der Waals surface area contributed by atoms with Crippen molar-refractivity contribution in [2.75, 3.05) is 26.2 Å². The molecule has 0 saturated carbocycles. The maximum atomic E-state index is 13.9. The first kappa shape index (κ1) is 18.4. The topological polar surface area (TPSA) is 40.6 Å². The summed E-state index contributed by atoms with van der Waals surface area (Å²) in [6.45, 7) is 1.93. The van der Waals surface area contributed by atoms with Crippen molar-refractivity contribution < 1.29 is 14.0 Å². The lowest BCUT2D eigenvalue weighted by Crippen LogP contribution is -2.38. The number of rotatable bonds is 3. The molecule has 2 aromatic carbocycles. The summed E-state index contributed by atoms with van der Waals surface area (Å²) in [6, 6.07) is 13.2. The molecule has 2 aromatic rings. The number of hydrogen-bond acceptors (Lipinski definition) is 2. The molecule has 1 heterocycles. The van der Waals surface area contributed by atoms with Gasteiger partial charge in [-0.3, -0.25) is 9.59 Å². The van der Waals surface area contributed by atoms with Crippen LogP contribution in [-0.4, -0.2) is 47.8 Å². The Labute approximate surface area is 157 Å². The Balaban J connectivity index is 1.62. The summed E-state index contributed by atoms with van der Waals surface area (Å²) in [6.07, 6.45) is 0.948. The van der Waals surface area contributed by atoms with Crippen LogP contribution in [0.1, 0.15) is 22.3 Å². The molecule has 136 valence electrons. The fourth-order valence-electron chi connectivity index (χ4n) is 3.11. The van der Waals surface area contributed by atoms with Gasteiger partial charge in [0.1, 0.15) is 5.82 Å². The first-order valence-electron chi connectivity index (χ1n) is 8.60. The molecule has 0 bridgehead atoms. The van der Waals surface area contributed by atoms with Gasteiger partial charge in [-0.2, -0.15) is 0 Å². The number of halogens is 2. The molecule has 0 aromatic heterocycles. The van der Waals surface area contributed by atoms with E-state index in [9.17, 15) is 14.0 Å². The van der Waals surface area contributed by atoms with Crippen molar-refractivity contribution in [3.63, 3.8) is 0 Å². The lowest BCUT2D eigenvalue weighted by molar-refractivity contribution is -0.130. The molecule has 26 heavy (non-hydrogen) atoms. The minimum atomic E-state index is -0.518. The molecule has 0 radical (unpaired) electrons. The molecule has 0 unspecified atom stereocenters. The Bertz CT molecular complexity index is 812. The Morgan fingerprint density at radius 2 is 1.69 bits per heavy atom. The third kappa shape index (κ3) is 4.41. The molecule has 6 heteroatoms. The maximum Gasteiger partial charge on any atom is 0.256 e. The highest BCUT2D eigenvalue weighted by molar-refractivity contribution is 6.30. The van der Waals surface area contributed by atoms with Gasteiger partial charge in [0.05, 0.1) is 12.0 Å². The van der Waals surface area contributed by atoms with Crippen LogP contribution < -0.4 is 0 Å². The predicted octanol–water partition coefficient (Wildman–Crippen LogP) is 3.40. The molecule has 3 rings (SSSR count). The summed E-state index contributed by atoms with van der Waals surface area (Å²) in [7, 11) is 0. The van der Waals surface area contributed by atoms with Gasteiger partial charge >= 0.3 is 0 Å². The van der Waals surface area contributed by atoms with Crippen molar-refractivity contribution in [1.29, 1.82) is 0 Å². The standard InChI is InChI=1S/C20H20ClFN2O2/c21-16-6-3-5-15(13-16)14-19(25)23-9-4-10-24(12-11-23)20(26)17-7-1-2-8-18(17)22/h1-3,5-8,13H,4,9-12,14H2. The van der Waals surface area contributed by atoms with Crippen LogP contribution in [0.25, 0.3) is 0 Å². The van der Waals surface area contributed by atoms with Crippen molar-refractivity contribution >= 4 is 23.4 Å². The van der Waals surface area contributed by atoms with E-state index >= 15 is 0 Å². The van der Waals surface area contributed by atoms with Gasteiger partial charge < -0.3 is 9.80 Å². The fraction of sp³-hybridized carbons (Fsp3) is 0.300. The van der Waals surface area contributed by atoms with Crippen LogP contribution in [0.2, 0.25) is 5.02 Å². The molecule has 4 nitrogen and oxygen atoms in total. The molecule has 0 spiro atoms. The van der Waals surface area contributed by atoms with E-state index in [1.807, 2.05) is 12.1 Å². The number of benzene rings is 2.